The molecule has 0 spiro atoms. The lowest BCUT2D eigenvalue weighted by atomic mass is 10.2. The predicted molar refractivity (Wildman–Crippen MR) is 57.4 cm³/mol. The average Bonchev–Trinajstić information content (AvgIpc) is 2.29. The Morgan fingerprint density at radius 1 is 1.50 bits per heavy atom. The molecule has 16 heavy (non-hydrogen) atoms. The summed E-state index contributed by atoms with van der Waals surface area (Å²) in [6.45, 7) is 4.59. The molecule has 1 atom stereocenters. The zero-order chi connectivity index (χ0) is 11.8. The van der Waals surface area contributed by atoms with E-state index in [-0.39, 0.29) is 6.42 Å². The van der Waals surface area contributed by atoms with Gasteiger partial charge in [0.15, 0.2) is 0 Å². The van der Waals surface area contributed by atoms with Crippen LogP contribution in [0.15, 0.2) is 0 Å². The van der Waals surface area contributed by atoms with E-state index in [1.54, 1.807) is 0 Å². The number of ether oxygens (including phenoxy) is 1. The van der Waals surface area contributed by atoms with Gasteiger partial charge in [-0.1, -0.05) is 0 Å². The molecule has 1 heterocycles. The first-order valence-electron chi connectivity index (χ1n) is 5.44. The van der Waals surface area contributed by atoms with Crippen molar-refractivity contribution < 1.29 is 19.4 Å². The molecule has 0 aromatic carbocycles. The number of nitrogens with one attached hydrogen (secondary N) is 1. The van der Waals surface area contributed by atoms with Gasteiger partial charge in [0.2, 0.25) is 0 Å². The van der Waals surface area contributed by atoms with Crippen LogP contribution in [0.3, 0.4) is 0 Å². The van der Waals surface area contributed by atoms with Crippen LogP contribution in [0, 0.1) is 0 Å². The van der Waals surface area contributed by atoms with E-state index in [1.807, 2.05) is 0 Å². The molecule has 0 amide bonds. The van der Waals surface area contributed by atoms with Gasteiger partial charge in [0.25, 0.3) is 0 Å². The zero-order valence-electron chi connectivity index (χ0n) is 9.22. The fraction of sp³-hybridized carbons (Fsp3) is 0.800. The highest BCUT2D eigenvalue weighted by Crippen LogP contribution is 1.95. The lowest BCUT2D eigenvalue weighted by Gasteiger charge is -2.27. The van der Waals surface area contributed by atoms with Gasteiger partial charge in [-0.25, -0.2) is 0 Å². The minimum Gasteiger partial charge on any atom is -0.480 e. The first-order valence-corrected chi connectivity index (χ1v) is 5.44. The van der Waals surface area contributed by atoms with Crippen molar-refractivity contribution in [3.05, 3.63) is 0 Å². The molecule has 92 valence electrons. The molecule has 1 unspecified atom stereocenters. The summed E-state index contributed by atoms with van der Waals surface area (Å²) in [7, 11) is 0. The molecule has 2 N–H and O–H groups in total. The molecule has 0 radical (unpaired) electrons. The first kappa shape index (κ1) is 13.1. The molecule has 6 heteroatoms. The SMILES string of the molecule is O=CCC(NCCN1CCOCC1)C(=O)O. The summed E-state index contributed by atoms with van der Waals surface area (Å²) in [5.74, 6) is -0.978. The second-order valence-electron chi connectivity index (χ2n) is 3.70. The van der Waals surface area contributed by atoms with Crippen LogP contribution < -0.4 is 5.32 Å². The third kappa shape index (κ3) is 4.69. The molecule has 6 nitrogen and oxygen atoms in total. The van der Waals surface area contributed by atoms with Gasteiger partial charge in [0.1, 0.15) is 12.3 Å². The van der Waals surface area contributed by atoms with Crippen molar-refractivity contribution in [3.8, 4) is 0 Å². The van der Waals surface area contributed by atoms with Crippen LogP contribution in [0.1, 0.15) is 6.42 Å². The second-order valence-corrected chi connectivity index (χ2v) is 3.70. The Labute approximate surface area is 94.6 Å². The molecule has 1 saturated heterocycles. The standard InChI is InChI=1S/C10H18N2O4/c13-6-1-9(10(14)15)11-2-3-12-4-7-16-8-5-12/h6,9,11H,1-5,7-8H2,(H,14,15). The average molecular weight is 230 g/mol. The maximum absolute atomic E-state index is 10.7. The van der Waals surface area contributed by atoms with E-state index in [0.717, 1.165) is 32.8 Å². The number of rotatable bonds is 7. The number of hydrogen-bond donors (Lipinski definition) is 2. The van der Waals surface area contributed by atoms with Crippen LogP contribution in [0.5, 0.6) is 0 Å². The fourth-order valence-corrected chi connectivity index (χ4v) is 1.59. The number of carbonyl (C=O) groups is 2. The lowest BCUT2D eigenvalue weighted by Crippen LogP contribution is -2.44. The minimum atomic E-state index is -0.978. The molecule has 0 aliphatic carbocycles. The third-order valence-corrected chi connectivity index (χ3v) is 2.55. The van der Waals surface area contributed by atoms with Gasteiger partial charge in [-0.05, 0) is 0 Å². The highest BCUT2D eigenvalue weighted by Gasteiger charge is 2.16. The topological polar surface area (TPSA) is 78.9 Å². The van der Waals surface area contributed by atoms with Gasteiger partial charge < -0.3 is 20.0 Å². The molecular weight excluding hydrogens is 212 g/mol. The Morgan fingerprint density at radius 3 is 2.75 bits per heavy atom. The van der Waals surface area contributed by atoms with Crippen molar-refractivity contribution in [2.45, 2.75) is 12.5 Å². The number of hydrogen-bond acceptors (Lipinski definition) is 5. The zero-order valence-corrected chi connectivity index (χ0v) is 9.22. The fourth-order valence-electron chi connectivity index (χ4n) is 1.59. The Kier molecular flexibility index (Phi) is 5.99. The van der Waals surface area contributed by atoms with Crippen LogP contribution in [0.25, 0.3) is 0 Å². The van der Waals surface area contributed by atoms with Crippen molar-refractivity contribution in [2.75, 3.05) is 39.4 Å². The maximum Gasteiger partial charge on any atom is 0.321 e. The number of nitrogens with zero attached hydrogens (tertiary/aromatic N) is 1. The number of aliphatic carboxylic acids is 1. The number of carboxylic acids is 1. The van der Waals surface area contributed by atoms with Crippen LogP contribution in [-0.4, -0.2) is 67.7 Å². The van der Waals surface area contributed by atoms with Gasteiger partial charge in [-0.15, -0.1) is 0 Å². The molecule has 1 fully saturated rings. The summed E-state index contributed by atoms with van der Waals surface area (Å²) >= 11 is 0. The van der Waals surface area contributed by atoms with Gasteiger partial charge in [-0.3, -0.25) is 9.69 Å². The second kappa shape index (κ2) is 7.32. The largest absolute Gasteiger partial charge is 0.480 e. The lowest BCUT2D eigenvalue weighted by molar-refractivity contribution is -0.140. The molecule has 0 aromatic rings. The summed E-state index contributed by atoms with van der Waals surface area (Å²) in [6, 6.07) is -0.765. The predicted octanol–water partition coefficient (Wildman–Crippen LogP) is -1.05. The van der Waals surface area contributed by atoms with Crippen LogP contribution >= 0.6 is 0 Å². The smallest absolute Gasteiger partial charge is 0.321 e. The highest BCUT2D eigenvalue weighted by molar-refractivity contribution is 5.76. The Morgan fingerprint density at radius 2 is 2.19 bits per heavy atom. The summed E-state index contributed by atoms with van der Waals surface area (Å²) in [5.41, 5.74) is 0. The van der Waals surface area contributed by atoms with Gasteiger partial charge in [0, 0.05) is 32.6 Å². The molecule has 0 bridgehead atoms. The summed E-state index contributed by atoms with van der Waals surface area (Å²) < 4.78 is 5.20. The minimum absolute atomic E-state index is 0.0123. The van der Waals surface area contributed by atoms with E-state index in [1.165, 1.54) is 0 Å². The molecular formula is C10H18N2O4. The van der Waals surface area contributed by atoms with E-state index in [2.05, 4.69) is 10.2 Å². The number of carbonyl (C=O) groups excluding carboxylic acids is 1. The third-order valence-electron chi connectivity index (χ3n) is 2.55. The van der Waals surface area contributed by atoms with Crippen LogP contribution in [-0.2, 0) is 14.3 Å². The van der Waals surface area contributed by atoms with Gasteiger partial charge >= 0.3 is 5.97 Å². The van der Waals surface area contributed by atoms with E-state index < -0.39 is 12.0 Å². The molecule has 1 aliphatic rings. The van der Waals surface area contributed by atoms with Crippen LogP contribution in [0.4, 0.5) is 0 Å². The number of aldehydes is 1. The Hall–Kier alpha value is -0.980. The Bertz CT molecular complexity index is 229. The molecule has 0 aromatic heterocycles. The summed E-state index contributed by atoms with van der Waals surface area (Å²) in [6.07, 6.45) is 0.638. The normalized spacial score (nSPS) is 19.2. The summed E-state index contributed by atoms with van der Waals surface area (Å²) in [5, 5.41) is 11.6. The summed E-state index contributed by atoms with van der Waals surface area (Å²) in [4.78, 5) is 23.2. The van der Waals surface area contributed by atoms with Gasteiger partial charge in [-0.2, -0.15) is 0 Å². The molecule has 0 saturated carbocycles. The van der Waals surface area contributed by atoms with E-state index in [0.29, 0.717) is 12.8 Å². The molecule has 1 rings (SSSR count). The highest BCUT2D eigenvalue weighted by atomic mass is 16.5. The van der Waals surface area contributed by atoms with Crippen LogP contribution in [0.2, 0.25) is 0 Å². The van der Waals surface area contributed by atoms with E-state index in [9.17, 15) is 9.59 Å². The maximum atomic E-state index is 10.7. The van der Waals surface area contributed by atoms with Gasteiger partial charge in [0.05, 0.1) is 13.2 Å². The van der Waals surface area contributed by atoms with Crippen molar-refractivity contribution in [3.63, 3.8) is 0 Å². The number of morpholine rings is 1. The van der Waals surface area contributed by atoms with Crippen molar-refractivity contribution in [2.24, 2.45) is 0 Å². The first-order chi connectivity index (χ1) is 7.74. The van der Waals surface area contributed by atoms with E-state index >= 15 is 0 Å². The van der Waals surface area contributed by atoms with Crippen molar-refractivity contribution >= 4 is 12.3 Å². The van der Waals surface area contributed by atoms with E-state index in [4.69, 9.17) is 9.84 Å². The van der Waals surface area contributed by atoms with Crippen molar-refractivity contribution in [1.29, 1.82) is 0 Å². The number of carboxylic acid groups (broad SMARTS) is 1. The molecule has 1 aliphatic heterocycles. The van der Waals surface area contributed by atoms with Crippen molar-refractivity contribution in [1.82, 2.24) is 10.2 Å². The monoisotopic (exact) mass is 230 g/mol. The quantitative estimate of drug-likeness (QED) is 0.543. The Balaban J connectivity index is 2.16.